The summed E-state index contributed by atoms with van der Waals surface area (Å²) >= 11 is 1.20. The summed E-state index contributed by atoms with van der Waals surface area (Å²) in [5.74, 6) is 0.302. The molecular weight excluding hydrogens is 448 g/mol. The van der Waals surface area contributed by atoms with Crippen molar-refractivity contribution < 1.29 is 14.4 Å². The lowest BCUT2D eigenvalue weighted by Crippen LogP contribution is -2.53. The van der Waals surface area contributed by atoms with Crippen LogP contribution in [-0.4, -0.2) is 78.9 Å². The third kappa shape index (κ3) is 10.9. The van der Waals surface area contributed by atoms with Gasteiger partial charge in [0.25, 0.3) is 0 Å². The van der Waals surface area contributed by atoms with Crippen LogP contribution in [0.2, 0.25) is 0 Å². The van der Waals surface area contributed by atoms with E-state index in [9.17, 15) is 14.4 Å². The van der Waals surface area contributed by atoms with Gasteiger partial charge in [0.05, 0.1) is 0 Å². The number of nitrogens with zero attached hydrogens (tertiary/aromatic N) is 2. The molecule has 0 radical (unpaired) electrons. The Balaban J connectivity index is 2.09. The van der Waals surface area contributed by atoms with Gasteiger partial charge in [-0.2, -0.15) is 0 Å². The average Bonchev–Trinajstić information content (AvgIpc) is 2.81. The van der Waals surface area contributed by atoms with E-state index < -0.39 is 6.04 Å². The number of nitrogens with one attached hydrogen (secondary N) is 2. The molecule has 0 spiro atoms. The zero-order valence-corrected chi connectivity index (χ0v) is 21.1. The first-order chi connectivity index (χ1) is 16.3. The van der Waals surface area contributed by atoms with Crippen molar-refractivity contribution in [3.05, 3.63) is 71.8 Å². The van der Waals surface area contributed by atoms with Crippen molar-refractivity contribution in [2.45, 2.75) is 25.8 Å². The minimum atomic E-state index is -0.697. The molecule has 0 aliphatic rings. The van der Waals surface area contributed by atoms with Crippen molar-refractivity contribution in [2.24, 2.45) is 0 Å². The SMILES string of the molecule is CC(=O)SCCN(CCc1ccccc1)C(=O)N[C@@H](Cc1ccccc1)C(=O)NCCN(C)C. The van der Waals surface area contributed by atoms with Gasteiger partial charge in [-0.15, -0.1) is 0 Å². The van der Waals surface area contributed by atoms with Gasteiger partial charge in [0, 0.05) is 45.3 Å². The maximum Gasteiger partial charge on any atom is 0.318 e. The van der Waals surface area contributed by atoms with Crippen LogP contribution in [0.5, 0.6) is 0 Å². The maximum atomic E-state index is 13.3. The highest BCUT2D eigenvalue weighted by Gasteiger charge is 2.24. The Labute approximate surface area is 207 Å². The van der Waals surface area contributed by atoms with Gasteiger partial charge in [0.1, 0.15) is 6.04 Å². The molecule has 2 N–H and O–H groups in total. The number of hydrogen-bond donors (Lipinski definition) is 2. The third-order valence-electron chi connectivity index (χ3n) is 5.22. The first-order valence-corrected chi connectivity index (χ1v) is 12.5. The second-order valence-electron chi connectivity index (χ2n) is 8.35. The Morgan fingerprint density at radius 1 is 0.882 bits per heavy atom. The summed E-state index contributed by atoms with van der Waals surface area (Å²) in [5.41, 5.74) is 2.10. The van der Waals surface area contributed by atoms with E-state index in [1.165, 1.54) is 18.7 Å². The normalized spacial score (nSPS) is 11.6. The zero-order valence-electron chi connectivity index (χ0n) is 20.3. The van der Waals surface area contributed by atoms with Crippen molar-refractivity contribution in [1.82, 2.24) is 20.4 Å². The molecule has 7 nitrogen and oxygen atoms in total. The molecule has 0 fully saturated rings. The van der Waals surface area contributed by atoms with E-state index in [1.54, 1.807) is 4.90 Å². The summed E-state index contributed by atoms with van der Waals surface area (Å²) in [6, 6.07) is 18.6. The molecule has 0 unspecified atom stereocenters. The highest BCUT2D eigenvalue weighted by Crippen LogP contribution is 2.08. The van der Waals surface area contributed by atoms with Crippen molar-refractivity contribution in [1.29, 1.82) is 0 Å². The largest absolute Gasteiger partial charge is 0.353 e. The van der Waals surface area contributed by atoms with Crippen molar-refractivity contribution in [3.63, 3.8) is 0 Å². The molecule has 184 valence electrons. The highest BCUT2D eigenvalue weighted by molar-refractivity contribution is 8.13. The van der Waals surface area contributed by atoms with Crippen LogP contribution in [0, 0.1) is 0 Å². The van der Waals surface area contributed by atoms with Crippen LogP contribution in [0.1, 0.15) is 18.1 Å². The minimum Gasteiger partial charge on any atom is -0.353 e. The third-order valence-corrected chi connectivity index (χ3v) is 6.02. The number of carbonyl (C=O) groups excluding carboxylic acids is 3. The number of thioether (sulfide) groups is 1. The van der Waals surface area contributed by atoms with Crippen molar-refractivity contribution in [3.8, 4) is 0 Å². The summed E-state index contributed by atoms with van der Waals surface area (Å²) in [6.45, 7) is 3.65. The van der Waals surface area contributed by atoms with Crippen LogP contribution in [0.25, 0.3) is 0 Å². The molecule has 1 atom stereocenters. The standard InChI is InChI=1S/C26H36N4O3S/c1-21(31)34-19-18-30(16-14-22-10-6-4-7-11-22)26(33)28-24(20-23-12-8-5-9-13-23)25(32)27-15-17-29(2)3/h4-13,24H,14-20H2,1-3H3,(H,27,32)(H,28,33)/t24-/m0/s1. The lowest BCUT2D eigenvalue weighted by molar-refractivity contribution is -0.123. The maximum absolute atomic E-state index is 13.3. The van der Waals surface area contributed by atoms with Crippen LogP contribution >= 0.6 is 11.8 Å². The van der Waals surface area contributed by atoms with Crippen molar-refractivity contribution in [2.75, 3.05) is 46.0 Å². The molecule has 0 aliphatic heterocycles. The lowest BCUT2D eigenvalue weighted by atomic mass is 10.1. The monoisotopic (exact) mass is 484 g/mol. The summed E-state index contributed by atoms with van der Waals surface area (Å²) in [4.78, 5) is 41.3. The van der Waals surface area contributed by atoms with E-state index >= 15 is 0 Å². The van der Waals surface area contributed by atoms with Gasteiger partial charge in [-0.3, -0.25) is 9.59 Å². The fourth-order valence-corrected chi connectivity index (χ4v) is 3.95. The van der Waals surface area contributed by atoms with Gasteiger partial charge in [-0.05, 0) is 31.6 Å². The van der Waals surface area contributed by atoms with Gasteiger partial charge in [-0.25, -0.2) is 4.79 Å². The number of hydrogen-bond acceptors (Lipinski definition) is 5. The molecule has 0 aliphatic carbocycles. The predicted octanol–water partition coefficient (Wildman–Crippen LogP) is 2.81. The van der Waals surface area contributed by atoms with Crippen LogP contribution in [-0.2, 0) is 22.4 Å². The predicted molar refractivity (Wildman–Crippen MR) is 139 cm³/mol. The quantitative estimate of drug-likeness (QED) is 0.457. The molecule has 0 bridgehead atoms. The van der Waals surface area contributed by atoms with Crippen LogP contribution < -0.4 is 10.6 Å². The fourth-order valence-electron chi connectivity index (χ4n) is 3.35. The van der Waals surface area contributed by atoms with E-state index in [4.69, 9.17) is 0 Å². The molecule has 2 aromatic rings. The molecule has 0 saturated carbocycles. The molecular formula is C26H36N4O3S. The average molecular weight is 485 g/mol. The molecule has 0 saturated heterocycles. The van der Waals surface area contributed by atoms with E-state index in [1.807, 2.05) is 79.7 Å². The summed E-state index contributed by atoms with van der Waals surface area (Å²) < 4.78 is 0. The highest BCUT2D eigenvalue weighted by atomic mass is 32.2. The Bertz CT molecular complexity index is 893. The zero-order chi connectivity index (χ0) is 24.8. The minimum absolute atomic E-state index is 0.0191. The first-order valence-electron chi connectivity index (χ1n) is 11.5. The van der Waals surface area contributed by atoms with Gasteiger partial charge < -0.3 is 20.4 Å². The molecule has 34 heavy (non-hydrogen) atoms. The lowest BCUT2D eigenvalue weighted by Gasteiger charge is -2.26. The Hall–Kier alpha value is -2.84. The fraction of sp³-hybridized carbons (Fsp3) is 0.423. The van der Waals surface area contributed by atoms with E-state index in [0.29, 0.717) is 44.8 Å². The number of benzene rings is 2. The van der Waals surface area contributed by atoms with Crippen LogP contribution in [0.15, 0.2) is 60.7 Å². The molecule has 0 aromatic heterocycles. The molecule has 3 amide bonds. The molecule has 0 heterocycles. The second kappa shape index (κ2) is 15.1. The smallest absolute Gasteiger partial charge is 0.318 e. The van der Waals surface area contributed by atoms with E-state index in [0.717, 1.165) is 11.1 Å². The van der Waals surface area contributed by atoms with Gasteiger partial charge in [-0.1, -0.05) is 72.4 Å². The number of urea groups is 1. The number of rotatable bonds is 13. The Morgan fingerprint density at radius 3 is 2.09 bits per heavy atom. The Kier molecular flexibility index (Phi) is 12.2. The molecule has 2 rings (SSSR count). The van der Waals surface area contributed by atoms with Gasteiger partial charge in [0.2, 0.25) is 5.91 Å². The number of likely N-dealkylation sites (N-methyl/N-ethyl adjacent to an activating group) is 1. The summed E-state index contributed by atoms with van der Waals surface area (Å²) in [6.07, 6.45) is 1.09. The van der Waals surface area contributed by atoms with Gasteiger partial charge >= 0.3 is 6.03 Å². The topological polar surface area (TPSA) is 81.8 Å². The first kappa shape index (κ1) is 27.4. The Morgan fingerprint density at radius 2 is 1.50 bits per heavy atom. The summed E-state index contributed by atoms with van der Waals surface area (Å²) in [5, 5.41) is 5.90. The number of amides is 3. The summed E-state index contributed by atoms with van der Waals surface area (Å²) in [7, 11) is 3.89. The van der Waals surface area contributed by atoms with Crippen LogP contribution in [0.3, 0.4) is 0 Å². The van der Waals surface area contributed by atoms with Crippen molar-refractivity contribution >= 4 is 28.8 Å². The van der Waals surface area contributed by atoms with Crippen LogP contribution in [0.4, 0.5) is 4.79 Å². The molecule has 8 heteroatoms. The second-order valence-corrected chi connectivity index (χ2v) is 9.62. The van der Waals surface area contributed by atoms with Gasteiger partial charge in [0.15, 0.2) is 5.12 Å². The number of carbonyl (C=O) groups is 3. The van der Waals surface area contributed by atoms with E-state index in [2.05, 4.69) is 10.6 Å². The van der Waals surface area contributed by atoms with E-state index in [-0.39, 0.29) is 17.1 Å². The molecule has 2 aromatic carbocycles.